The number of hydrogen-bond acceptors (Lipinski definition) is 5. The molecule has 176 valence electrons. The molecule has 0 saturated carbocycles. The highest BCUT2D eigenvalue weighted by Crippen LogP contribution is 2.28. The topological polar surface area (TPSA) is 74.6 Å². The van der Waals surface area contributed by atoms with Crippen LogP contribution in [0, 0.1) is 6.92 Å². The van der Waals surface area contributed by atoms with Crippen molar-refractivity contribution in [2.75, 3.05) is 20.8 Å². The first-order valence-corrected chi connectivity index (χ1v) is 11.2. The Morgan fingerprint density at radius 1 is 1.00 bits per heavy atom. The van der Waals surface area contributed by atoms with Gasteiger partial charge in [0.05, 0.1) is 37.8 Å². The van der Waals surface area contributed by atoms with Crippen molar-refractivity contribution in [1.82, 2.24) is 14.9 Å². The molecule has 7 nitrogen and oxygen atoms in total. The van der Waals surface area contributed by atoms with Crippen molar-refractivity contribution in [2.24, 2.45) is 0 Å². The standard InChI is InChI=1S/C27H29N3O4/c1-18-8-7-9-21(16-18)34-15-14-30-23-11-6-5-10-22(23)29-26(30)19(2)28-27(31)20-12-13-24(32-3)25(17-20)33-4/h5-13,16-17,19H,14-15H2,1-4H3,(H,28,31). The minimum atomic E-state index is -0.327. The molecule has 1 N–H and O–H groups in total. The third-order valence-corrected chi connectivity index (χ3v) is 5.64. The van der Waals surface area contributed by atoms with Gasteiger partial charge in [0, 0.05) is 5.56 Å². The lowest BCUT2D eigenvalue weighted by atomic mass is 10.1. The summed E-state index contributed by atoms with van der Waals surface area (Å²) in [4.78, 5) is 17.8. The van der Waals surface area contributed by atoms with Crippen LogP contribution in [-0.4, -0.2) is 36.3 Å². The summed E-state index contributed by atoms with van der Waals surface area (Å²) < 4.78 is 18.7. The number of para-hydroxylation sites is 2. The maximum absolute atomic E-state index is 13.0. The van der Waals surface area contributed by atoms with Crippen LogP contribution < -0.4 is 19.5 Å². The molecule has 4 aromatic rings. The van der Waals surface area contributed by atoms with E-state index in [1.165, 1.54) is 0 Å². The fraction of sp³-hybridized carbons (Fsp3) is 0.259. The van der Waals surface area contributed by atoms with E-state index in [2.05, 4.69) is 9.88 Å². The number of fused-ring (bicyclic) bond motifs is 1. The monoisotopic (exact) mass is 459 g/mol. The number of aromatic nitrogens is 2. The van der Waals surface area contributed by atoms with Crippen molar-refractivity contribution in [1.29, 1.82) is 0 Å². The number of amides is 1. The molecule has 0 radical (unpaired) electrons. The Labute approximate surface area is 199 Å². The molecular weight excluding hydrogens is 430 g/mol. The summed E-state index contributed by atoms with van der Waals surface area (Å²) in [5, 5.41) is 3.06. The van der Waals surface area contributed by atoms with Gasteiger partial charge in [-0.1, -0.05) is 24.3 Å². The van der Waals surface area contributed by atoms with Gasteiger partial charge in [-0.15, -0.1) is 0 Å². The Morgan fingerprint density at radius 3 is 2.56 bits per heavy atom. The SMILES string of the molecule is COc1ccc(C(=O)NC(C)c2nc3ccccc3n2CCOc2cccc(C)c2)cc1OC. The Bertz CT molecular complexity index is 1300. The predicted molar refractivity (Wildman–Crippen MR) is 132 cm³/mol. The van der Waals surface area contributed by atoms with E-state index in [9.17, 15) is 4.79 Å². The molecule has 0 spiro atoms. The zero-order valence-electron chi connectivity index (χ0n) is 19.9. The number of imidazole rings is 1. The van der Waals surface area contributed by atoms with Gasteiger partial charge in [0.2, 0.25) is 0 Å². The Balaban J connectivity index is 1.54. The van der Waals surface area contributed by atoms with Gasteiger partial charge in [0.15, 0.2) is 11.5 Å². The summed E-state index contributed by atoms with van der Waals surface area (Å²) in [6, 6.07) is 20.7. The highest BCUT2D eigenvalue weighted by molar-refractivity contribution is 5.95. The fourth-order valence-corrected chi connectivity index (χ4v) is 3.94. The summed E-state index contributed by atoms with van der Waals surface area (Å²) in [5.74, 6) is 2.46. The lowest BCUT2D eigenvalue weighted by Crippen LogP contribution is -2.29. The minimum absolute atomic E-state index is 0.219. The van der Waals surface area contributed by atoms with Crippen molar-refractivity contribution in [3.63, 3.8) is 0 Å². The van der Waals surface area contributed by atoms with Crippen LogP contribution in [0.3, 0.4) is 0 Å². The second kappa shape index (κ2) is 10.3. The fourth-order valence-electron chi connectivity index (χ4n) is 3.94. The number of aryl methyl sites for hydroxylation is 1. The number of carbonyl (C=O) groups excluding carboxylic acids is 1. The molecule has 1 heterocycles. The second-order valence-electron chi connectivity index (χ2n) is 8.04. The summed E-state index contributed by atoms with van der Waals surface area (Å²) in [5.41, 5.74) is 3.51. The number of methoxy groups -OCH3 is 2. The largest absolute Gasteiger partial charge is 0.493 e. The Morgan fingerprint density at radius 2 is 1.79 bits per heavy atom. The summed E-state index contributed by atoms with van der Waals surface area (Å²) in [6.45, 7) is 5.04. The molecule has 1 amide bonds. The molecular formula is C27H29N3O4. The van der Waals surface area contributed by atoms with Gasteiger partial charge in [0.25, 0.3) is 5.91 Å². The normalized spacial score (nSPS) is 11.8. The molecule has 4 rings (SSSR count). The van der Waals surface area contributed by atoms with Gasteiger partial charge in [-0.3, -0.25) is 4.79 Å². The smallest absolute Gasteiger partial charge is 0.251 e. The number of nitrogens with zero attached hydrogens (tertiary/aromatic N) is 2. The first-order chi connectivity index (χ1) is 16.5. The summed E-state index contributed by atoms with van der Waals surface area (Å²) >= 11 is 0. The average Bonchev–Trinajstić information content (AvgIpc) is 3.22. The van der Waals surface area contributed by atoms with Gasteiger partial charge in [-0.2, -0.15) is 0 Å². The van der Waals surface area contributed by atoms with E-state index in [0.717, 1.165) is 28.2 Å². The molecule has 0 aliphatic carbocycles. The number of nitrogens with one attached hydrogen (secondary N) is 1. The van der Waals surface area contributed by atoms with Crippen molar-refractivity contribution < 1.29 is 19.0 Å². The predicted octanol–water partition coefficient (Wildman–Crippen LogP) is 4.93. The lowest BCUT2D eigenvalue weighted by molar-refractivity contribution is 0.0937. The molecule has 7 heteroatoms. The number of hydrogen-bond donors (Lipinski definition) is 1. The molecule has 0 bridgehead atoms. The third kappa shape index (κ3) is 4.98. The second-order valence-corrected chi connectivity index (χ2v) is 8.04. The van der Waals surface area contributed by atoms with Crippen LogP contribution in [0.2, 0.25) is 0 Å². The van der Waals surface area contributed by atoms with Crippen LogP contribution >= 0.6 is 0 Å². The van der Waals surface area contributed by atoms with Crippen LogP contribution in [0.1, 0.15) is 34.7 Å². The van der Waals surface area contributed by atoms with Gasteiger partial charge in [0.1, 0.15) is 18.2 Å². The van der Waals surface area contributed by atoms with Crippen LogP contribution in [-0.2, 0) is 6.54 Å². The molecule has 0 saturated heterocycles. The number of carbonyl (C=O) groups is 1. The van der Waals surface area contributed by atoms with Crippen LogP contribution in [0.15, 0.2) is 66.7 Å². The number of rotatable bonds is 9. The van der Waals surface area contributed by atoms with Gasteiger partial charge in [-0.05, 0) is 61.9 Å². The van der Waals surface area contributed by atoms with Crippen molar-refractivity contribution >= 4 is 16.9 Å². The van der Waals surface area contributed by atoms with Crippen LogP contribution in [0.5, 0.6) is 17.2 Å². The molecule has 0 aliphatic rings. The van der Waals surface area contributed by atoms with Crippen molar-refractivity contribution in [3.8, 4) is 17.2 Å². The molecule has 0 fully saturated rings. The molecule has 1 atom stereocenters. The zero-order valence-corrected chi connectivity index (χ0v) is 19.9. The van der Waals surface area contributed by atoms with Crippen molar-refractivity contribution in [3.05, 3.63) is 83.7 Å². The lowest BCUT2D eigenvalue weighted by Gasteiger charge is -2.17. The first-order valence-electron chi connectivity index (χ1n) is 11.2. The highest BCUT2D eigenvalue weighted by Gasteiger charge is 2.20. The van der Waals surface area contributed by atoms with E-state index in [1.54, 1.807) is 32.4 Å². The molecule has 1 aromatic heterocycles. The summed E-state index contributed by atoms with van der Waals surface area (Å²) in [6.07, 6.45) is 0. The maximum atomic E-state index is 13.0. The van der Waals surface area contributed by atoms with Crippen LogP contribution in [0.4, 0.5) is 0 Å². The number of benzene rings is 3. The highest BCUT2D eigenvalue weighted by atomic mass is 16.5. The molecule has 0 aliphatic heterocycles. The van der Waals surface area contributed by atoms with Crippen LogP contribution in [0.25, 0.3) is 11.0 Å². The van der Waals surface area contributed by atoms with E-state index in [0.29, 0.717) is 30.2 Å². The van der Waals surface area contributed by atoms with Gasteiger partial charge < -0.3 is 24.1 Å². The Hall–Kier alpha value is -4.00. The van der Waals surface area contributed by atoms with E-state index >= 15 is 0 Å². The Kier molecular flexibility index (Phi) is 7.01. The van der Waals surface area contributed by atoms with Crippen molar-refractivity contribution in [2.45, 2.75) is 26.4 Å². The van der Waals surface area contributed by atoms with E-state index < -0.39 is 0 Å². The number of ether oxygens (including phenoxy) is 3. The zero-order chi connectivity index (χ0) is 24.1. The minimum Gasteiger partial charge on any atom is -0.493 e. The average molecular weight is 460 g/mol. The first kappa shape index (κ1) is 23.2. The van der Waals surface area contributed by atoms with E-state index in [4.69, 9.17) is 19.2 Å². The molecule has 3 aromatic carbocycles. The van der Waals surface area contributed by atoms with Gasteiger partial charge in [-0.25, -0.2) is 4.98 Å². The third-order valence-electron chi connectivity index (χ3n) is 5.64. The van der Waals surface area contributed by atoms with E-state index in [-0.39, 0.29) is 11.9 Å². The quantitative estimate of drug-likeness (QED) is 0.384. The van der Waals surface area contributed by atoms with Gasteiger partial charge >= 0.3 is 0 Å². The molecule has 34 heavy (non-hydrogen) atoms. The summed E-state index contributed by atoms with van der Waals surface area (Å²) in [7, 11) is 3.11. The molecule has 1 unspecified atom stereocenters. The maximum Gasteiger partial charge on any atom is 0.251 e. The van der Waals surface area contributed by atoms with E-state index in [1.807, 2.05) is 62.4 Å².